The maximum absolute atomic E-state index is 14.2. The Bertz CT molecular complexity index is 1360. The Morgan fingerprint density at radius 3 is 2.55 bits per heavy atom. The summed E-state index contributed by atoms with van der Waals surface area (Å²) in [5.41, 5.74) is -0.00547. The molecule has 2 saturated heterocycles. The van der Waals surface area contributed by atoms with E-state index in [0.717, 1.165) is 37.7 Å². The van der Waals surface area contributed by atoms with Crippen LogP contribution in [-0.2, 0) is 25.7 Å². The third kappa shape index (κ3) is 4.76. The third-order valence-electron chi connectivity index (χ3n) is 8.49. The first-order valence-corrected chi connectivity index (χ1v) is 14.4. The van der Waals surface area contributed by atoms with Crippen molar-refractivity contribution >= 4 is 46.6 Å². The van der Waals surface area contributed by atoms with Gasteiger partial charge in [-0.2, -0.15) is 0 Å². The van der Waals surface area contributed by atoms with E-state index in [0.29, 0.717) is 21.5 Å². The molecular formula is C30H31Cl2N3O5. The molecule has 2 N–H and O–H groups in total. The van der Waals surface area contributed by atoms with Crippen LogP contribution in [0.15, 0.2) is 54.6 Å². The fraction of sp³-hybridized carbons (Fsp3) is 0.433. The van der Waals surface area contributed by atoms with E-state index >= 15 is 0 Å². The van der Waals surface area contributed by atoms with Gasteiger partial charge in [-0.25, -0.2) is 0 Å². The van der Waals surface area contributed by atoms with E-state index in [1.165, 1.54) is 0 Å². The monoisotopic (exact) mass is 583 g/mol. The number of fused-ring (bicyclic) bond motifs is 1. The average Bonchev–Trinajstić information content (AvgIpc) is 3.56. The SMILES string of the molecule is COc1cccc(CN2C(=O)[C@@H]3[C@@H](C(=O)Nc4cc(Cl)cc(Cl)c4)[C@@H]4C=C[C@@]3(O4)[C@@H]2C(=O)NC2CCCCC2)c1. The molecule has 5 atom stereocenters. The molecule has 2 aromatic rings. The van der Waals surface area contributed by atoms with Crippen molar-refractivity contribution in [1.29, 1.82) is 0 Å². The number of benzene rings is 2. The summed E-state index contributed by atoms with van der Waals surface area (Å²) in [5, 5.41) is 6.82. The number of methoxy groups -OCH3 is 1. The first-order chi connectivity index (χ1) is 19.3. The van der Waals surface area contributed by atoms with Gasteiger partial charge in [0, 0.05) is 28.3 Å². The van der Waals surface area contributed by atoms with E-state index in [4.69, 9.17) is 32.7 Å². The van der Waals surface area contributed by atoms with Crippen LogP contribution in [-0.4, -0.2) is 53.5 Å². The van der Waals surface area contributed by atoms with Crippen LogP contribution >= 0.6 is 23.2 Å². The van der Waals surface area contributed by atoms with Gasteiger partial charge in [-0.15, -0.1) is 0 Å². The maximum Gasteiger partial charge on any atom is 0.246 e. The highest BCUT2D eigenvalue weighted by atomic mass is 35.5. The predicted molar refractivity (Wildman–Crippen MR) is 151 cm³/mol. The van der Waals surface area contributed by atoms with E-state index in [2.05, 4.69) is 10.6 Å². The van der Waals surface area contributed by atoms with Gasteiger partial charge in [-0.3, -0.25) is 14.4 Å². The molecule has 4 aliphatic rings. The summed E-state index contributed by atoms with van der Waals surface area (Å²) in [6.07, 6.45) is 8.08. The number of ether oxygens (including phenoxy) is 2. The lowest BCUT2D eigenvalue weighted by Gasteiger charge is -2.34. The van der Waals surface area contributed by atoms with E-state index in [-0.39, 0.29) is 30.3 Å². The second-order valence-electron chi connectivity index (χ2n) is 11.0. The summed E-state index contributed by atoms with van der Waals surface area (Å²) >= 11 is 12.3. The van der Waals surface area contributed by atoms with Gasteiger partial charge >= 0.3 is 0 Å². The Hall–Kier alpha value is -3.07. The van der Waals surface area contributed by atoms with Crippen LogP contribution in [0.25, 0.3) is 0 Å². The van der Waals surface area contributed by atoms with Gasteiger partial charge in [0.05, 0.1) is 25.0 Å². The molecule has 0 aromatic heterocycles. The van der Waals surface area contributed by atoms with Crippen molar-refractivity contribution < 1.29 is 23.9 Å². The van der Waals surface area contributed by atoms with Crippen molar-refractivity contribution in [3.63, 3.8) is 0 Å². The first kappa shape index (κ1) is 27.1. The van der Waals surface area contributed by atoms with Crippen LogP contribution in [0.5, 0.6) is 5.75 Å². The lowest BCUT2D eigenvalue weighted by atomic mass is 9.74. The average molecular weight is 584 g/mol. The second-order valence-corrected chi connectivity index (χ2v) is 11.9. The zero-order chi connectivity index (χ0) is 28.0. The molecule has 40 heavy (non-hydrogen) atoms. The molecule has 3 fully saturated rings. The van der Waals surface area contributed by atoms with Crippen molar-refractivity contribution in [2.24, 2.45) is 11.8 Å². The molecule has 8 nitrogen and oxygen atoms in total. The summed E-state index contributed by atoms with van der Waals surface area (Å²) in [7, 11) is 1.58. The zero-order valence-electron chi connectivity index (χ0n) is 22.1. The quantitative estimate of drug-likeness (QED) is 0.459. The van der Waals surface area contributed by atoms with Gasteiger partial charge in [0.1, 0.15) is 17.4 Å². The molecule has 1 spiro atoms. The highest BCUT2D eigenvalue weighted by Gasteiger charge is 2.72. The molecule has 1 aliphatic carbocycles. The lowest BCUT2D eigenvalue weighted by Crippen LogP contribution is -2.56. The van der Waals surface area contributed by atoms with Crippen molar-refractivity contribution in [3.05, 3.63) is 70.2 Å². The summed E-state index contributed by atoms with van der Waals surface area (Å²) in [6.45, 7) is 0.178. The summed E-state index contributed by atoms with van der Waals surface area (Å²) in [6, 6.07) is 11.3. The van der Waals surface area contributed by atoms with Gasteiger partial charge in [0.2, 0.25) is 17.7 Å². The highest BCUT2D eigenvalue weighted by Crippen LogP contribution is 2.55. The van der Waals surface area contributed by atoms with Crippen LogP contribution < -0.4 is 15.4 Å². The number of anilines is 1. The lowest BCUT2D eigenvalue weighted by molar-refractivity contribution is -0.142. The molecule has 3 aliphatic heterocycles. The largest absolute Gasteiger partial charge is 0.497 e. The summed E-state index contributed by atoms with van der Waals surface area (Å²) < 4.78 is 11.8. The topological polar surface area (TPSA) is 97.0 Å². The van der Waals surface area contributed by atoms with E-state index in [1.54, 1.807) is 36.3 Å². The molecule has 3 heterocycles. The number of nitrogens with one attached hydrogen (secondary N) is 2. The molecule has 6 rings (SSSR count). The normalized spacial score (nSPS) is 29.0. The molecule has 10 heteroatoms. The number of nitrogens with zero attached hydrogens (tertiary/aromatic N) is 1. The van der Waals surface area contributed by atoms with Crippen molar-refractivity contribution in [2.45, 2.75) is 62.4 Å². The van der Waals surface area contributed by atoms with E-state index in [9.17, 15) is 14.4 Å². The number of carbonyl (C=O) groups is 3. The maximum atomic E-state index is 14.2. The predicted octanol–water partition coefficient (Wildman–Crippen LogP) is 4.74. The molecule has 3 amide bonds. The Balaban J connectivity index is 1.33. The van der Waals surface area contributed by atoms with E-state index in [1.807, 2.05) is 30.3 Å². The van der Waals surface area contributed by atoms with Gasteiger partial charge in [0.25, 0.3) is 0 Å². The number of rotatable bonds is 7. The first-order valence-electron chi connectivity index (χ1n) is 13.7. The molecular weight excluding hydrogens is 553 g/mol. The standard InChI is InChI=1S/C30H31Cl2N3O5/c1-39-22-9-5-6-17(12-22)16-35-26(28(37)33-20-7-3-2-4-8-20)30-11-10-23(40-30)24(25(30)29(35)38)27(36)34-21-14-18(31)13-19(32)15-21/h5-6,9-15,20,23-26H,2-4,7-8,16H2,1H3,(H,33,37)(H,34,36)/t23-,24-,25-,26-,30-/m0/s1. The number of hydrogen-bond acceptors (Lipinski definition) is 5. The molecule has 210 valence electrons. The van der Waals surface area contributed by atoms with Crippen LogP contribution in [0, 0.1) is 11.8 Å². The van der Waals surface area contributed by atoms with Crippen LogP contribution in [0.4, 0.5) is 5.69 Å². The number of halogens is 2. The number of amides is 3. The molecule has 0 radical (unpaired) electrons. The summed E-state index contributed by atoms with van der Waals surface area (Å²) in [5.74, 6) is -1.95. The van der Waals surface area contributed by atoms with Gasteiger partial charge in [-0.05, 0) is 48.7 Å². The van der Waals surface area contributed by atoms with Crippen LogP contribution in [0.2, 0.25) is 10.0 Å². The fourth-order valence-corrected chi connectivity index (χ4v) is 7.31. The second kappa shape index (κ2) is 10.7. The number of hydrogen-bond donors (Lipinski definition) is 2. The minimum atomic E-state index is -1.24. The van der Waals surface area contributed by atoms with E-state index < -0.39 is 29.6 Å². The fourth-order valence-electron chi connectivity index (χ4n) is 6.78. The van der Waals surface area contributed by atoms with Crippen molar-refractivity contribution in [2.75, 3.05) is 12.4 Å². The highest BCUT2D eigenvalue weighted by molar-refractivity contribution is 6.35. The number of carbonyl (C=O) groups excluding carboxylic acids is 3. The van der Waals surface area contributed by atoms with Crippen LogP contribution in [0.3, 0.4) is 0 Å². The third-order valence-corrected chi connectivity index (χ3v) is 8.93. The van der Waals surface area contributed by atoms with Crippen molar-refractivity contribution in [3.8, 4) is 5.75 Å². The minimum absolute atomic E-state index is 0.0553. The molecule has 0 unspecified atom stereocenters. The number of likely N-dealkylation sites (tertiary alicyclic amines) is 1. The smallest absolute Gasteiger partial charge is 0.246 e. The Morgan fingerprint density at radius 1 is 1.07 bits per heavy atom. The Kier molecular flexibility index (Phi) is 7.27. The minimum Gasteiger partial charge on any atom is -0.497 e. The zero-order valence-corrected chi connectivity index (χ0v) is 23.6. The Labute approximate surface area is 243 Å². The molecule has 2 bridgehead atoms. The molecule has 1 saturated carbocycles. The molecule has 2 aromatic carbocycles. The van der Waals surface area contributed by atoms with Gasteiger partial charge in [-0.1, -0.05) is 66.7 Å². The van der Waals surface area contributed by atoms with Crippen molar-refractivity contribution in [1.82, 2.24) is 10.2 Å². The Morgan fingerprint density at radius 2 is 1.82 bits per heavy atom. The van der Waals surface area contributed by atoms with Crippen LogP contribution in [0.1, 0.15) is 37.7 Å². The van der Waals surface area contributed by atoms with Gasteiger partial charge in [0.15, 0.2) is 0 Å². The summed E-state index contributed by atoms with van der Waals surface area (Å²) in [4.78, 5) is 43.4. The van der Waals surface area contributed by atoms with Gasteiger partial charge < -0.3 is 25.0 Å².